The van der Waals surface area contributed by atoms with E-state index >= 15 is 0 Å². The minimum absolute atomic E-state index is 0.0836. The fourth-order valence-electron chi connectivity index (χ4n) is 4.23. The van der Waals surface area contributed by atoms with Gasteiger partial charge in [0, 0.05) is 22.3 Å². The number of hydrogen-bond acceptors (Lipinski definition) is 2. The minimum Gasteiger partial charge on any atom is -0.507 e. The van der Waals surface area contributed by atoms with Crippen molar-refractivity contribution in [3.63, 3.8) is 0 Å². The van der Waals surface area contributed by atoms with Crippen LogP contribution in [0.1, 0.15) is 119 Å². The van der Waals surface area contributed by atoms with Crippen LogP contribution in [0.3, 0.4) is 0 Å². The Labute approximate surface area is 209 Å². The van der Waals surface area contributed by atoms with Crippen molar-refractivity contribution < 1.29 is 10.2 Å². The van der Waals surface area contributed by atoms with Gasteiger partial charge in [0.25, 0.3) is 0 Å². The summed E-state index contributed by atoms with van der Waals surface area (Å²) in [5.74, 6) is 1.38. The van der Waals surface area contributed by atoms with Crippen molar-refractivity contribution in [2.45, 2.75) is 119 Å². The van der Waals surface area contributed by atoms with Gasteiger partial charge in [0.15, 0.2) is 0 Å². The average molecular weight is 467 g/mol. The van der Waals surface area contributed by atoms with Gasteiger partial charge in [-0.3, -0.25) is 0 Å². The molecule has 2 rings (SSSR count). The van der Waals surface area contributed by atoms with Gasteiger partial charge in [0.2, 0.25) is 0 Å². The van der Waals surface area contributed by atoms with Crippen molar-refractivity contribution >= 4 is 0 Å². The van der Waals surface area contributed by atoms with E-state index in [1.165, 1.54) is 11.1 Å². The zero-order chi connectivity index (χ0) is 26.6. The first-order valence-electron chi connectivity index (χ1n) is 12.9. The lowest BCUT2D eigenvalue weighted by atomic mass is 9.70. The van der Waals surface area contributed by atoms with E-state index in [2.05, 4.69) is 121 Å². The quantitative estimate of drug-likeness (QED) is 0.461. The van der Waals surface area contributed by atoms with E-state index < -0.39 is 0 Å². The number of phenolic OH excluding ortho intramolecular Hbond substituents is 2. The molecule has 2 heteroatoms. The molecule has 0 aliphatic rings. The molecule has 2 aromatic rings. The number of hydrogen-bond donors (Lipinski definition) is 2. The van der Waals surface area contributed by atoms with Gasteiger partial charge < -0.3 is 10.2 Å². The van der Waals surface area contributed by atoms with E-state index in [1.807, 2.05) is 0 Å². The second-order valence-corrected chi connectivity index (χ2v) is 14.1. The Kier molecular flexibility index (Phi) is 7.42. The molecule has 34 heavy (non-hydrogen) atoms. The molecule has 0 bridgehead atoms. The predicted octanol–water partition coefficient (Wildman–Crippen LogP) is 9.23. The van der Waals surface area contributed by atoms with Crippen LogP contribution in [0, 0.1) is 11.8 Å². The average Bonchev–Trinajstić information content (AvgIpc) is 2.66. The SMILES string of the molecule is CC(C)C(C)(C)c1cc(-c2cc(C(C)(C)C(C)C)cc(C(C)(C)C)c2O)c(O)c(C(C)(C)C)c1. The Morgan fingerprint density at radius 2 is 0.765 bits per heavy atom. The van der Waals surface area contributed by atoms with Gasteiger partial charge in [0.1, 0.15) is 11.5 Å². The first-order valence-corrected chi connectivity index (χ1v) is 12.9. The molecule has 0 fully saturated rings. The molecule has 0 spiro atoms. The van der Waals surface area contributed by atoms with E-state index in [0.29, 0.717) is 11.8 Å². The molecule has 0 aliphatic heterocycles. The number of phenols is 2. The molecule has 0 aliphatic carbocycles. The number of benzene rings is 2. The third-order valence-corrected chi connectivity index (χ3v) is 8.50. The summed E-state index contributed by atoms with van der Waals surface area (Å²) in [6, 6.07) is 8.56. The summed E-state index contributed by atoms with van der Waals surface area (Å²) in [7, 11) is 0. The van der Waals surface area contributed by atoms with Gasteiger partial charge in [-0.15, -0.1) is 0 Å². The van der Waals surface area contributed by atoms with Gasteiger partial charge in [-0.05, 0) is 56.8 Å². The van der Waals surface area contributed by atoms with Crippen LogP contribution in [-0.4, -0.2) is 10.2 Å². The first kappa shape index (κ1) is 28.3. The standard InChI is InChI=1S/C32H50O2/c1-19(2)31(11,12)21-15-23(27(33)25(17-21)29(5,6)7)24-16-22(32(13,14)20(3)4)18-26(28(24)34)30(8,9)10/h15-20,33-34H,1-14H3. The summed E-state index contributed by atoms with van der Waals surface area (Å²) in [6.07, 6.45) is 0. The Bertz CT molecular complexity index is 953. The summed E-state index contributed by atoms with van der Waals surface area (Å²) in [6.45, 7) is 30.8. The van der Waals surface area contributed by atoms with Crippen LogP contribution >= 0.6 is 0 Å². The second-order valence-electron chi connectivity index (χ2n) is 14.1. The van der Waals surface area contributed by atoms with E-state index in [4.69, 9.17) is 0 Å². The summed E-state index contributed by atoms with van der Waals surface area (Å²) < 4.78 is 0. The van der Waals surface area contributed by atoms with Crippen molar-refractivity contribution in [3.05, 3.63) is 46.5 Å². The highest BCUT2D eigenvalue weighted by atomic mass is 16.3. The van der Waals surface area contributed by atoms with Crippen LogP contribution in [0.2, 0.25) is 0 Å². The summed E-state index contributed by atoms with van der Waals surface area (Å²) in [5, 5.41) is 23.2. The van der Waals surface area contributed by atoms with E-state index in [1.54, 1.807) is 0 Å². The Hall–Kier alpha value is -1.96. The maximum absolute atomic E-state index is 11.6. The molecule has 0 unspecified atom stereocenters. The predicted molar refractivity (Wildman–Crippen MR) is 148 cm³/mol. The molecular formula is C32H50O2. The van der Waals surface area contributed by atoms with Crippen LogP contribution < -0.4 is 0 Å². The van der Waals surface area contributed by atoms with E-state index in [9.17, 15) is 10.2 Å². The Morgan fingerprint density at radius 1 is 0.500 bits per heavy atom. The lowest BCUT2D eigenvalue weighted by molar-refractivity contribution is 0.368. The normalized spacial score (nSPS) is 13.8. The largest absolute Gasteiger partial charge is 0.507 e. The summed E-state index contributed by atoms with van der Waals surface area (Å²) >= 11 is 0. The molecular weight excluding hydrogens is 416 g/mol. The van der Waals surface area contributed by atoms with Crippen molar-refractivity contribution in [1.29, 1.82) is 0 Å². The Morgan fingerprint density at radius 3 is 0.971 bits per heavy atom. The maximum atomic E-state index is 11.6. The van der Waals surface area contributed by atoms with Crippen molar-refractivity contribution in [3.8, 4) is 22.6 Å². The number of aromatic hydroxyl groups is 2. The van der Waals surface area contributed by atoms with Crippen LogP contribution in [0.4, 0.5) is 0 Å². The van der Waals surface area contributed by atoms with E-state index in [-0.39, 0.29) is 33.2 Å². The molecule has 0 saturated heterocycles. The molecule has 0 radical (unpaired) electrons. The molecule has 0 amide bonds. The fourth-order valence-corrected chi connectivity index (χ4v) is 4.23. The molecule has 2 N–H and O–H groups in total. The summed E-state index contributed by atoms with van der Waals surface area (Å²) in [4.78, 5) is 0. The van der Waals surface area contributed by atoms with Gasteiger partial charge in [0.05, 0.1) is 0 Å². The molecule has 0 heterocycles. The molecule has 2 nitrogen and oxygen atoms in total. The van der Waals surface area contributed by atoms with Crippen LogP contribution in [-0.2, 0) is 21.7 Å². The van der Waals surface area contributed by atoms with Crippen LogP contribution in [0.15, 0.2) is 24.3 Å². The lowest BCUT2D eigenvalue weighted by Gasteiger charge is -2.35. The zero-order valence-electron chi connectivity index (χ0n) is 24.4. The van der Waals surface area contributed by atoms with Crippen molar-refractivity contribution in [2.24, 2.45) is 11.8 Å². The van der Waals surface area contributed by atoms with Gasteiger partial charge in [-0.2, -0.15) is 0 Å². The molecule has 0 saturated carbocycles. The lowest BCUT2D eigenvalue weighted by Crippen LogP contribution is -2.26. The van der Waals surface area contributed by atoms with Gasteiger partial charge in [-0.25, -0.2) is 0 Å². The smallest absolute Gasteiger partial charge is 0.127 e. The number of rotatable bonds is 5. The molecule has 2 aromatic carbocycles. The third-order valence-electron chi connectivity index (χ3n) is 8.50. The second kappa shape index (κ2) is 8.92. The first-order chi connectivity index (χ1) is 15.1. The highest BCUT2D eigenvalue weighted by Gasteiger charge is 2.33. The van der Waals surface area contributed by atoms with E-state index in [0.717, 1.165) is 22.3 Å². The monoisotopic (exact) mass is 466 g/mol. The van der Waals surface area contributed by atoms with Crippen LogP contribution in [0.25, 0.3) is 11.1 Å². The Balaban J connectivity index is 3.08. The van der Waals surface area contributed by atoms with Gasteiger partial charge >= 0.3 is 0 Å². The van der Waals surface area contributed by atoms with Crippen LogP contribution in [0.5, 0.6) is 11.5 Å². The van der Waals surface area contributed by atoms with Gasteiger partial charge in [-0.1, -0.05) is 109 Å². The summed E-state index contributed by atoms with van der Waals surface area (Å²) in [5.41, 5.74) is 5.01. The van der Waals surface area contributed by atoms with Crippen molar-refractivity contribution in [1.82, 2.24) is 0 Å². The zero-order valence-corrected chi connectivity index (χ0v) is 24.4. The molecule has 0 aromatic heterocycles. The minimum atomic E-state index is -0.237. The molecule has 190 valence electrons. The fraction of sp³-hybridized carbons (Fsp3) is 0.625. The van der Waals surface area contributed by atoms with Crippen molar-refractivity contribution in [2.75, 3.05) is 0 Å². The molecule has 0 atom stereocenters. The third kappa shape index (κ3) is 5.16. The maximum Gasteiger partial charge on any atom is 0.127 e. The topological polar surface area (TPSA) is 40.5 Å². The highest BCUT2D eigenvalue weighted by molar-refractivity contribution is 5.80. The highest BCUT2D eigenvalue weighted by Crippen LogP contribution is 2.49.